The van der Waals surface area contributed by atoms with Crippen molar-refractivity contribution in [2.45, 2.75) is 26.5 Å². The predicted molar refractivity (Wildman–Crippen MR) is 137 cm³/mol. The van der Waals surface area contributed by atoms with Crippen molar-refractivity contribution < 1.29 is 19.4 Å². The summed E-state index contributed by atoms with van der Waals surface area (Å²) in [5.74, 6) is 0.724. The van der Waals surface area contributed by atoms with Crippen LogP contribution in [0.15, 0.2) is 54.6 Å². The number of ether oxygens (including phenoxy) is 1. The number of hydrogen-bond acceptors (Lipinski definition) is 7. The van der Waals surface area contributed by atoms with E-state index in [1.807, 2.05) is 50.2 Å². The highest BCUT2D eigenvalue weighted by Gasteiger charge is 2.17. The van der Waals surface area contributed by atoms with Gasteiger partial charge in [0.25, 0.3) is 5.91 Å². The number of nitrogens with one attached hydrogen (secondary N) is 2. The summed E-state index contributed by atoms with van der Waals surface area (Å²) in [6.07, 6.45) is 0. The number of benzene rings is 2. The molecule has 0 radical (unpaired) electrons. The van der Waals surface area contributed by atoms with Crippen LogP contribution < -0.4 is 15.5 Å². The quantitative estimate of drug-likeness (QED) is 0.445. The van der Waals surface area contributed by atoms with Crippen molar-refractivity contribution in [3.8, 4) is 22.6 Å². The van der Waals surface area contributed by atoms with E-state index >= 15 is 0 Å². The lowest BCUT2D eigenvalue weighted by Crippen LogP contribution is -2.39. The van der Waals surface area contributed by atoms with E-state index in [0.717, 1.165) is 22.5 Å². The van der Waals surface area contributed by atoms with Gasteiger partial charge in [0.15, 0.2) is 5.82 Å². The second-order valence-electron chi connectivity index (χ2n) is 8.88. The van der Waals surface area contributed by atoms with Gasteiger partial charge in [-0.2, -0.15) is 0 Å². The van der Waals surface area contributed by atoms with Crippen molar-refractivity contribution in [2.75, 3.05) is 37.7 Å². The molecule has 0 unspecified atom stereocenters. The van der Waals surface area contributed by atoms with Gasteiger partial charge in [-0.1, -0.05) is 30.3 Å². The average molecular weight is 490 g/mol. The maximum Gasteiger partial charge on any atom is 0.251 e. The Hall–Kier alpha value is -3.82. The Kier molecular flexibility index (Phi) is 8.24. The van der Waals surface area contributed by atoms with E-state index in [2.05, 4.69) is 15.5 Å². The van der Waals surface area contributed by atoms with Crippen molar-refractivity contribution in [2.24, 2.45) is 0 Å². The SMILES string of the molecule is CC(C)NC(=O)CNC(=O)c1cccc(-c2cc(N3CCOCC3)nc(-c3cccc(CO)c3)n2)c1. The molecule has 1 aliphatic heterocycles. The molecule has 0 spiro atoms. The molecule has 0 atom stereocenters. The van der Waals surface area contributed by atoms with Crippen molar-refractivity contribution in [1.29, 1.82) is 0 Å². The number of rotatable bonds is 8. The molecule has 188 valence electrons. The number of aromatic nitrogens is 2. The Morgan fingerprint density at radius 2 is 1.78 bits per heavy atom. The highest BCUT2D eigenvalue weighted by Crippen LogP contribution is 2.27. The maximum absolute atomic E-state index is 12.7. The number of nitrogens with zero attached hydrogens (tertiary/aromatic N) is 3. The molecule has 1 fully saturated rings. The average Bonchev–Trinajstić information content (AvgIpc) is 2.91. The van der Waals surface area contributed by atoms with E-state index in [-0.39, 0.29) is 31.0 Å². The van der Waals surface area contributed by atoms with Crippen LogP contribution in [-0.4, -0.2) is 65.8 Å². The Morgan fingerprint density at radius 3 is 2.53 bits per heavy atom. The molecule has 9 nitrogen and oxygen atoms in total. The first-order valence-electron chi connectivity index (χ1n) is 12.0. The maximum atomic E-state index is 12.7. The molecular weight excluding hydrogens is 458 g/mol. The van der Waals surface area contributed by atoms with Gasteiger partial charge in [0.2, 0.25) is 5.91 Å². The lowest BCUT2D eigenvalue weighted by atomic mass is 10.1. The Bertz CT molecular complexity index is 1220. The molecule has 36 heavy (non-hydrogen) atoms. The summed E-state index contributed by atoms with van der Waals surface area (Å²) in [6, 6.07) is 16.6. The summed E-state index contributed by atoms with van der Waals surface area (Å²) < 4.78 is 5.50. The molecule has 2 aromatic carbocycles. The molecule has 1 saturated heterocycles. The van der Waals surface area contributed by atoms with E-state index < -0.39 is 0 Å². The first-order valence-corrected chi connectivity index (χ1v) is 12.0. The van der Waals surface area contributed by atoms with Crippen molar-refractivity contribution in [3.05, 3.63) is 65.7 Å². The minimum absolute atomic E-state index is 0.00317. The molecule has 0 bridgehead atoms. The van der Waals surface area contributed by atoms with Crippen molar-refractivity contribution in [1.82, 2.24) is 20.6 Å². The summed E-state index contributed by atoms with van der Waals surface area (Å²) in [4.78, 5) is 36.4. The van der Waals surface area contributed by atoms with Crippen LogP contribution in [0.5, 0.6) is 0 Å². The highest BCUT2D eigenvalue weighted by molar-refractivity contribution is 5.97. The molecule has 0 saturated carbocycles. The van der Waals surface area contributed by atoms with E-state index in [0.29, 0.717) is 43.4 Å². The number of morpholine rings is 1. The zero-order valence-corrected chi connectivity index (χ0v) is 20.5. The third-order valence-electron chi connectivity index (χ3n) is 5.70. The summed E-state index contributed by atoms with van der Waals surface area (Å²) in [5.41, 5.74) is 3.42. The monoisotopic (exact) mass is 489 g/mol. The molecule has 3 N–H and O–H groups in total. The van der Waals surface area contributed by atoms with E-state index in [1.165, 1.54) is 0 Å². The lowest BCUT2D eigenvalue weighted by molar-refractivity contribution is -0.120. The third kappa shape index (κ3) is 6.44. The number of anilines is 1. The number of hydrogen-bond donors (Lipinski definition) is 3. The molecule has 2 amide bonds. The third-order valence-corrected chi connectivity index (χ3v) is 5.70. The van der Waals surface area contributed by atoms with Gasteiger partial charge in [-0.05, 0) is 37.6 Å². The highest BCUT2D eigenvalue weighted by atomic mass is 16.5. The number of aliphatic hydroxyl groups excluding tert-OH is 1. The van der Waals surface area contributed by atoms with Crippen LogP contribution in [0.1, 0.15) is 29.8 Å². The van der Waals surface area contributed by atoms with Crippen molar-refractivity contribution in [3.63, 3.8) is 0 Å². The van der Waals surface area contributed by atoms with Crippen LogP contribution in [0, 0.1) is 0 Å². The van der Waals surface area contributed by atoms with Crippen molar-refractivity contribution >= 4 is 17.6 Å². The van der Waals surface area contributed by atoms with E-state index in [4.69, 9.17) is 14.7 Å². The minimum atomic E-state index is -0.339. The first kappa shape index (κ1) is 25.3. The van der Waals surface area contributed by atoms with Gasteiger partial charge in [0.1, 0.15) is 5.82 Å². The molecule has 1 aromatic heterocycles. The topological polar surface area (TPSA) is 117 Å². The van der Waals surface area contributed by atoms with Gasteiger partial charge in [0.05, 0.1) is 32.1 Å². The Labute approximate surface area is 210 Å². The van der Waals surface area contributed by atoms with Gasteiger partial charge < -0.3 is 25.4 Å². The number of amides is 2. The van der Waals surface area contributed by atoms with Gasteiger partial charge in [-0.25, -0.2) is 9.97 Å². The zero-order chi connectivity index (χ0) is 25.5. The fraction of sp³-hybridized carbons (Fsp3) is 0.333. The molecule has 9 heteroatoms. The van der Waals surface area contributed by atoms with Gasteiger partial charge >= 0.3 is 0 Å². The number of aliphatic hydroxyl groups is 1. The van der Waals surface area contributed by atoms with Gasteiger partial charge in [-0.3, -0.25) is 9.59 Å². The summed E-state index contributed by atoms with van der Waals surface area (Å²) in [7, 11) is 0. The van der Waals surface area contributed by atoms with Crippen LogP contribution in [0.25, 0.3) is 22.6 Å². The lowest BCUT2D eigenvalue weighted by Gasteiger charge is -2.28. The number of carbonyl (C=O) groups is 2. The first-order chi connectivity index (χ1) is 17.4. The second kappa shape index (κ2) is 11.7. The summed E-state index contributed by atoms with van der Waals surface area (Å²) in [6.45, 7) is 6.23. The molecule has 0 aliphatic carbocycles. The van der Waals surface area contributed by atoms with Crippen LogP contribution >= 0.6 is 0 Å². The molecule has 2 heterocycles. The summed E-state index contributed by atoms with van der Waals surface area (Å²) in [5, 5.41) is 15.0. The summed E-state index contributed by atoms with van der Waals surface area (Å²) >= 11 is 0. The fourth-order valence-electron chi connectivity index (χ4n) is 3.93. The van der Waals surface area contributed by atoms with Crippen LogP contribution in [0.2, 0.25) is 0 Å². The van der Waals surface area contributed by atoms with E-state index in [1.54, 1.807) is 18.2 Å². The van der Waals surface area contributed by atoms with Crippen LogP contribution in [0.4, 0.5) is 5.82 Å². The zero-order valence-electron chi connectivity index (χ0n) is 20.5. The number of carbonyl (C=O) groups excluding carboxylic acids is 2. The largest absolute Gasteiger partial charge is 0.392 e. The van der Waals surface area contributed by atoms with Gasteiger partial charge in [-0.15, -0.1) is 0 Å². The van der Waals surface area contributed by atoms with Crippen LogP contribution in [-0.2, 0) is 16.1 Å². The second-order valence-corrected chi connectivity index (χ2v) is 8.88. The normalized spacial score (nSPS) is 13.5. The van der Waals surface area contributed by atoms with Gasteiger partial charge in [0, 0.05) is 41.9 Å². The molecule has 1 aliphatic rings. The minimum Gasteiger partial charge on any atom is -0.392 e. The molecule has 3 aromatic rings. The van der Waals surface area contributed by atoms with Crippen LogP contribution in [0.3, 0.4) is 0 Å². The Balaban J connectivity index is 1.66. The fourth-order valence-corrected chi connectivity index (χ4v) is 3.93. The molecular formula is C27H31N5O4. The molecule has 4 rings (SSSR count). The Morgan fingerprint density at radius 1 is 1.03 bits per heavy atom. The smallest absolute Gasteiger partial charge is 0.251 e. The standard InChI is InChI=1S/C27H31N5O4/c1-18(2)29-25(34)16-28-27(35)22-8-4-6-20(14-22)23-15-24(32-9-11-36-12-10-32)31-26(30-23)21-7-3-5-19(13-21)17-33/h3-8,13-15,18,33H,9-12,16-17H2,1-2H3,(H,28,35)(H,29,34). The van der Waals surface area contributed by atoms with E-state index in [9.17, 15) is 14.7 Å². The predicted octanol–water partition coefficient (Wildman–Crippen LogP) is 2.39.